The van der Waals surface area contributed by atoms with Crippen LogP contribution in [0.4, 0.5) is 0 Å². The predicted octanol–water partition coefficient (Wildman–Crippen LogP) is -0.872. The van der Waals surface area contributed by atoms with Gasteiger partial charge in [0, 0.05) is 13.0 Å². The molecule has 1 atom stereocenters. The molecule has 76 valence electrons. The largest absolute Gasteiger partial charge is 0.353 e. The van der Waals surface area contributed by atoms with Crippen LogP contribution in [0.5, 0.6) is 0 Å². The fourth-order valence-electron chi connectivity index (χ4n) is 1.37. The summed E-state index contributed by atoms with van der Waals surface area (Å²) in [6.45, 7) is 2.90. The maximum Gasteiger partial charge on any atom is 0.234 e. The molecule has 1 unspecified atom stereocenters. The van der Waals surface area contributed by atoms with Gasteiger partial charge in [0.25, 0.3) is 0 Å². The molecule has 14 heavy (non-hydrogen) atoms. The zero-order chi connectivity index (χ0) is 9.97. The van der Waals surface area contributed by atoms with Crippen LogP contribution in [-0.2, 0) is 11.2 Å². The van der Waals surface area contributed by atoms with E-state index < -0.39 is 0 Å². The highest BCUT2D eigenvalue weighted by Gasteiger charge is 2.21. The van der Waals surface area contributed by atoms with E-state index in [4.69, 9.17) is 0 Å². The van der Waals surface area contributed by atoms with Gasteiger partial charge in [-0.2, -0.15) is 5.10 Å². The lowest BCUT2D eigenvalue weighted by molar-refractivity contribution is -0.121. The summed E-state index contributed by atoms with van der Waals surface area (Å²) in [7, 11) is 0. The number of H-pyrrole nitrogens is 1. The van der Waals surface area contributed by atoms with E-state index in [1.54, 1.807) is 0 Å². The first-order valence-electron chi connectivity index (χ1n) is 4.71. The van der Waals surface area contributed by atoms with Gasteiger partial charge in [0.15, 0.2) is 5.82 Å². The molecule has 0 bridgehead atoms. The molecule has 1 fully saturated rings. The van der Waals surface area contributed by atoms with Crippen LogP contribution in [0.2, 0.25) is 0 Å². The van der Waals surface area contributed by atoms with Crippen LogP contribution in [0.1, 0.15) is 24.6 Å². The first-order valence-corrected chi connectivity index (χ1v) is 4.71. The minimum Gasteiger partial charge on any atom is -0.353 e. The molecule has 0 radical (unpaired) electrons. The fourth-order valence-corrected chi connectivity index (χ4v) is 1.37. The number of hydrogen-bond donors (Lipinski definition) is 3. The Morgan fingerprint density at radius 3 is 3.00 bits per heavy atom. The van der Waals surface area contributed by atoms with E-state index in [9.17, 15) is 4.79 Å². The van der Waals surface area contributed by atoms with Gasteiger partial charge in [-0.15, -0.1) is 0 Å². The van der Waals surface area contributed by atoms with Crippen molar-refractivity contribution in [3.05, 3.63) is 11.6 Å². The van der Waals surface area contributed by atoms with E-state index in [0.717, 1.165) is 18.1 Å². The molecule has 3 N–H and O–H groups in total. The number of carbonyl (C=O) groups excluding carboxylic acids is 1. The van der Waals surface area contributed by atoms with Gasteiger partial charge in [-0.05, 0) is 0 Å². The zero-order valence-electron chi connectivity index (χ0n) is 8.00. The number of amides is 1. The molecule has 2 rings (SSSR count). The molecule has 1 aromatic heterocycles. The highest BCUT2D eigenvalue weighted by molar-refractivity contribution is 5.78. The molecule has 0 saturated carbocycles. The summed E-state index contributed by atoms with van der Waals surface area (Å²) >= 11 is 0. The van der Waals surface area contributed by atoms with Gasteiger partial charge in [0.2, 0.25) is 5.91 Å². The Hall–Kier alpha value is -1.43. The standard InChI is InChI=1S/C8H13N5O/c1-2-6-11-8(13-12-6)5-3-10-7(14)4-9-5/h5,9H,2-4H2,1H3,(H,10,14)(H,11,12,13). The lowest BCUT2D eigenvalue weighted by Gasteiger charge is -2.21. The van der Waals surface area contributed by atoms with Crippen molar-refractivity contribution in [2.45, 2.75) is 19.4 Å². The lowest BCUT2D eigenvalue weighted by Crippen LogP contribution is -2.47. The minimum atomic E-state index is 0.0208. The Bertz CT molecular complexity index is 324. The molecule has 0 spiro atoms. The molecule has 1 aromatic rings. The number of piperazine rings is 1. The summed E-state index contributed by atoms with van der Waals surface area (Å²) in [5.74, 6) is 1.62. The third-order valence-electron chi connectivity index (χ3n) is 2.21. The van der Waals surface area contributed by atoms with Crippen molar-refractivity contribution in [2.24, 2.45) is 0 Å². The monoisotopic (exact) mass is 195 g/mol. The van der Waals surface area contributed by atoms with Crippen LogP contribution >= 0.6 is 0 Å². The highest BCUT2D eigenvalue weighted by Crippen LogP contribution is 2.08. The Morgan fingerprint density at radius 2 is 2.43 bits per heavy atom. The van der Waals surface area contributed by atoms with Crippen LogP contribution in [0.15, 0.2) is 0 Å². The number of aryl methyl sites for hydroxylation is 1. The van der Waals surface area contributed by atoms with E-state index in [-0.39, 0.29) is 11.9 Å². The van der Waals surface area contributed by atoms with Crippen LogP contribution < -0.4 is 10.6 Å². The predicted molar refractivity (Wildman–Crippen MR) is 49.5 cm³/mol. The number of nitrogens with one attached hydrogen (secondary N) is 3. The summed E-state index contributed by atoms with van der Waals surface area (Å²) in [6, 6.07) is 0.0317. The van der Waals surface area contributed by atoms with E-state index in [1.807, 2.05) is 6.92 Å². The number of hydrogen-bond acceptors (Lipinski definition) is 4. The Kier molecular flexibility index (Phi) is 2.45. The van der Waals surface area contributed by atoms with Crippen molar-refractivity contribution in [1.82, 2.24) is 25.8 Å². The number of aromatic nitrogens is 3. The van der Waals surface area contributed by atoms with Crippen LogP contribution in [0.25, 0.3) is 0 Å². The second-order valence-corrected chi connectivity index (χ2v) is 3.23. The Labute approximate surface area is 81.5 Å². The first-order chi connectivity index (χ1) is 6.79. The van der Waals surface area contributed by atoms with Gasteiger partial charge >= 0.3 is 0 Å². The maximum absolute atomic E-state index is 10.9. The van der Waals surface area contributed by atoms with Crippen LogP contribution in [0.3, 0.4) is 0 Å². The van der Waals surface area contributed by atoms with E-state index >= 15 is 0 Å². The quantitative estimate of drug-likeness (QED) is 0.572. The molecule has 0 aromatic carbocycles. The molecule has 1 aliphatic heterocycles. The van der Waals surface area contributed by atoms with Crippen molar-refractivity contribution in [3.63, 3.8) is 0 Å². The summed E-state index contributed by atoms with van der Waals surface area (Å²) in [6.07, 6.45) is 0.839. The Balaban J connectivity index is 2.04. The molecule has 6 nitrogen and oxygen atoms in total. The van der Waals surface area contributed by atoms with Crippen molar-refractivity contribution >= 4 is 5.91 Å². The van der Waals surface area contributed by atoms with E-state index in [2.05, 4.69) is 25.8 Å². The van der Waals surface area contributed by atoms with Gasteiger partial charge in [-0.1, -0.05) is 6.92 Å². The molecular weight excluding hydrogens is 182 g/mol. The highest BCUT2D eigenvalue weighted by atomic mass is 16.2. The summed E-state index contributed by atoms with van der Waals surface area (Å²) in [4.78, 5) is 15.2. The molecule has 1 amide bonds. The van der Waals surface area contributed by atoms with Gasteiger partial charge in [0.05, 0.1) is 12.6 Å². The molecule has 1 saturated heterocycles. The van der Waals surface area contributed by atoms with Gasteiger partial charge < -0.3 is 5.32 Å². The third-order valence-corrected chi connectivity index (χ3v) is 2.21. The van der Waals surface area contributed by atoms with Crippen molar-refractivity contribution in [2.75, 3.05) is 13.1 Å². The van der Waals surface area contributed by atoms with Gasteiger partial charge in [-0.25, -0.2) is 4.98 Å². The van der Waals surface area contributed by atoms with E-state index in [1.165, 1.54) is 0 Å². The smallest absolute Gasteiger partial charge is 0.234 e. The average Bonchev–Trinajstić information content (AvgIpc) is 2.67. The average molecular weight is 195 g/mol. The van der Waals surface area contributed by atoms with Crippen molar-refractivity contribution < 1.29 is 4.79 Å². The Morgan fingerprint density at radius 1 is 1.57 bits per heavy atom. The second-order valence-electron chi connectivity index (χ2n) is 3.23. The summed E-state index contributed by atoms with van der Waals surface area (Å²) < 4.78 is 0. The third kappa shape index (κ3) is 1.74. The fraction of sp³-hybridized carbons (Fsp3) is 0.625. The molecule has 1 aliphatic rings. The van der Waals surface area contributed by atoms with Crippen molar-refractivity contribution in [1.29, 1.82) is 0 Å². The molecule has 6 heteroatoms. The number of carbonyl (C=O) groups is 1. The minimum absolute atomic E-state index is 0.0208. The maximum atomic E-state index is 10.9. The molecular formula is C8H13N5O. The van der Waals surface area contributed by atoms with Crippen LogP contribution in [-0.4, -0.2) is 34.2 Å². The summed E-state index contributed by atoms with van der Waals surface area (Å²) in [5.41, 5.74) is 0. The lowest BCUT2D eigenvalue weighted by atomic mass is 10.2. The molecule has 0 aliphatic carbocycles. The van der Waals surface area contributed by atoms with Gasteiger partial charge in [-0.3, -0.25) is 15.2 Å². The topological polar surface area (TPSA) is 82.7 Å². The van der Waals surface area contributed by atoms with Gasteiger partial charge in [0.1, 0.15) is 5.82 Å². The second kappa shape index (κ2) is 3.75. The van der Waals surface area contributed by atoms with Crippen molar-refractivity contribution in [3.8, 4) is 0 Å². The number of nitrogens with zero attached hydrogens (tertiary/aromatic N) is 2. The first kappa shape index (κ1) is 9.14. The number of aromatic amines is 1. The van der Waals surface area contributed by atoms with Crippen LogP contribution in [0, 0.1) is 0 Å². The van der Waals surface area contributed by atoms with E-state index in [0.29, 0.717) is 13.1 Å². The zero-order valence-corrected chi connectivity index (χ0v) is 8.00. The SMILES string of the molecule is CCc1nc(C2CNC(=O)CN2)n[nH]1. The molecule has 2 heterocycles. The number of rotatable bonds is 2. The normalized spacial score (nSPS) is 22.1. The summed E-state index contributed by atoms with van der Waals surface area (Å²) in [5, 5.41) is 12.8.